The summed E-state index contributed by atoms with van der Waals surface area (Å²) >= 11 is 0. The van der Waals surface area contributed by atoms with Crippen LogP contribution in [0.1, 0.15) is 60.8 Å². The lowest BCUT2D eigenvalue weighted by molar-refractivity contribution is 0.0159. The van der Waals surface area contributed by atoms with Crippen LogP contribution >= 0.6 is 0 Å². The molecule has 2 aromatic rings. The van der Waals surface area contributed by atoms with Crippen molar-refractivity contribution in [3.05, 3.63) is 24.3 Å². The molecule has 8 heteroatoms. The highest BCUT2D eigenvalue weighted by atomic mass is 19.1. The maximum atomic E-state index is 15.8. The first-order chi connectivity index (χ1) is 15.1. The average molecular weight is 446 g/mol. The number of carbonyl (C=O) groups excluding carboxylic acids is 1. The molecule has 1 unspecified atom stereocenters. The predicted molar refractivity (Wildman–Crippen MR) is 127 cm³/mol. The van der Waals surface area contributed by atoms with Crippen molar-refractivity contribution in [2.24, 2.45) is 0 Å². The van der Waals surface area contributed by atoms with Crippen LogP contribution in [0.25, 0.3) is 10.9 Å². The largest absolute Gasteiger partial charge is 0.444 e. The van der Waals surface area contributed by atoms with Crippen LogP contribution in [0.2, 0.25) is 0 Å². The van der Waals surface area contributed by atoms with Crippen LogP contribution in [0.5, 0.6) is 0 Å². The zero-order chi connectivity index (χ0) is 23.5. The fraction of sp³-hybridized carbons (Fsp3) is 0.625. The number of fused-ring (bicyclic) bond motifs is 1. The van der Waals surface area contributed by atoms with Gasteiger partial charge in [-0.05, 0) is 52.7 Å². The van der Waals surface area contributed by atoms with Gasteiger partial charge < -0.3 is 19.9 Å². The minimum atomic E-state index is -0.546. The lowest BCUT2D eigenvalue weighted by atomic mass is 10.1. The van der Waals surface area contributed by atoms with Crippen molar-refractivity contribution in [2.45, 2.75) is 78.5 Å². The number of hydrogen-bond acceptors (Lipinski definition) is 6. The molecule has 0 spiro atoms. The Kier molecular flexibility index (Phi) is 7.41. The van der Waals surface area contributed by atoms with Crippen molar-refractivity contribution in [2.75, 3.05) is 29.9 Å². The number of anilines is 2. The fourth-order valence-corrected chi connectivity index (χ4v) is 4.14. The smallest absolute Gasteiger partial charge is 0.410 e. The van der Waals surface area contributed by atoms with Gasteiger partial charge in [-0.1, -0.05) is 20.3 Å². The molecule has 1 amide bonds. The quantitative estimate of drug-likeness (QED) is 0.659. The molecule has 32 heavy (non-hydrogen) atoms. The van der Waals surface area contributed by atoms with E-state index in [0.717, 1.165) is 19.3 Å². The van der Waals surface area contributed by atoms with Crippen molar-refractivity contribution < 1.29 is 13.9 Å². The summed E-state index contributed by atoms with van der Waals surface area (Å²) in [4.78, 5) is 24.9. The summed E-state index contributed by atoms with van der Waals surface area (Å²) in [6.45, 7) is 13.3. The Balaban J connectivity index is 1.85. The fourth-order valence-electron chi connectivity index (χ4n) is 4.14. The second-order valence-electron chi connectivity index (χ2n) is 9.52. The van der Waals surface area contributed by atoms with Gasteiger partial charge in [0.25, 0.3) is 0 Å². The van der Waals surface area contributed by atoms with Gasteiger partial charge in [0.15, 0.2) is 5.82 Å². The second-order valence-corrected chi connectivity index (χ2v) is 9.52. The summed E-state index contributed by atoms with van der Waals surface area (Å²) in [5.74, 6) is 0.213. The maximum Gasteiger partial charge on any atom is 0.410 e. The van der Waals surface area contributed by atoms with E-state index in [2.05, 4.69) is 29.1 Å². The highest BCUT2D eigenvalue weighted by molar-refractivity contribution is 5.92. The molecule has 0 aliphatic carbocycles. The van der Waals surface area contributed by atoms with Gasteiger partial charge in [0.2, 0.25) is 0 Å². The Morgan fingerprint density at radius 1 is 1.28 bits per heavy atom. The standard InChI is InChI=1S/C24H36FN5O2/c1-7-9-17(8-2)28-22-20-18(26-15-27-22)10-11-19(21(20)25)29-12-13-30(16(3)14-29)23(31)32-24(4,5)6/h10-11,15-17H,7-9,12-14H2,1-6H3,(H,26,27,28)/t16-,17?/m1/s1. The predicted octanol–water partition coefficient (Wildman–Crippen LogP) is 5.21. The van der Waals surface area contributed by atoms with Crippen molar-refractivity contribution in [3.8, 4) is 0 Å². The number of rotatable bonds is 6. The number of nitrogens with zero attached hydrogens (tertiary/aromatic N) is 4. The molecule has 1 aliphatic rings. The summed E-state index contributed by atoms with van der Waals surface area (Å²) in [5.41, 5.74) is 0.542. The number of piperazine rings is 1. The first-order valence-corrected chi connectivity index (χ1v) is 11.6. The molecule has 0 bridgehead atoms. The van der Waals surface area contributed by atoms with Crippen LogP contribution in [-0.4, -0.2) is 58.3 Å². The minimum Gasteiger partial charge on any atom is -0.444 e. The topological polar surface area (TPSA) is 70.6 Å². The molecular formula is C24H36FN5O2. The van der Waals surface area contributed by atoms with E-state index in [0.29, 0.717) is 42.0 Å². The lowest BCUT2D eigenvalue weighted by Crippen LogP contribution is -2.55. The van der Waals surface area contributed by atoms with Crippen LogP contribution in [-0.2, 0) is 4.74 Å². The van der Waals surface area contributed by atoms with Crippen molar-refractivity contribution in [1.29, 1.82) is 0 Å². The molecule has 1 aliphatic heterocycles. The van der Waals surface area contributed by atoms with E-state index < -0.39 is 5.60 Å². The van der Waals surface area contributed by atoms with Gasteiger partial charge in [0, 0.05) is 31.7 Å². The molecule has 176 valence electrons. The van der Waals surface area contributed by atoms with Gasteiger partial charge in [0.05, 0.1) is 16.6 Å². The highest BCUT2D eigenvalue weighted by Crippen LogP contribution is 2.32. The molecule has 3 rings (SSSR count). The SMILES string of the molecule is CCCC(CC)Nc1ncnc2ccc(N3CCN(C(=O)OC(C)(C)C)[C@H](C)C3)c(F)c12. The zero-order valence-corrected chi connectivity index (χ0v) is 20.1. The maximum absolute atomic E-state index is 15.8. The minimum absolute atomic E-state index is 0.104. The Labute approximate surface area is 190 Å². The lowest BCUT2D eigenvalue weighted by Gasteiger charge is -2.41. The second kappa shape index (κ2) is 9.88. The molecule has 0 radical (unpaired) electrons. The average Bonchev–Trinajstić information content (AvgIpc) is 2.72. The molecule has 2 atom stereocenters. The van der Waals surface area contributed by atoms with E-state index in [1.165, 1.54) is 6.33 Å². The summed E-state index contributed by atoms with van der Waals surface area (Å²) in [6.07, 6.45) is 4.12. The zero-order valence-electron chi connectivity index (χ0n) is 20.1. The van der Waals surface area contributed by atoms with Gasteiger partial charge >= 0.3 is 6.09 Å². The first kappa shape index (κ1) is 24.0. The molecule has 1 aromatic carbocycles. The van der Waals surface area contributed by atoms with E-state index in [1.54, 1.807) is 11.0 Å². The third kappa shape index (κ3) is 5.40. The van der Waals surface area contributed by atoms with E-state index >= 15 is 4.39 Å². The third-order valence-corrected chi connectivity index (χ3v) is 5.79. The monoisotopic (exact) mass is 445 g/mol. The van der Waals surface area contributed by atoms with E-state index in [-0.39, 0.29) is 24.0 Å². The van der Waals surface area contributed by atoms with E-state index in [9.17, 15) is 4.79 Å². The number of carbonyl (C=O) groups is 1. The Morgan fingerprint density at radius 3 is 2.66 bits per heavy atom. The van der Waals surface area contributed by atoms with Crippen LogP contribution in [0.4, 0.5) is 20.7 Å². The molecule has 1 aromatic heterocycles. The molecule has 1 fully saturated rings. The highest BCUT2D eigenvalue weighted by Gasteiger charge is 2.32. The van der Waals surface area contributed by atoms with Gasteiger partial charge in [-0.15, -0.1) is 0 Å². The number of nitrogens with one attached hydrogen (secondary N) is 1. The van der Waals surface area contributed by atoms with Crippen LogP contribution in [0, 0.1) is 5.82 Å². The molecule has 1 N–H and O–H groups in total. The summed E-state index contributed by atoms with van der Waals surface area (Å²) in [5, 5.41) is 3.84. The number of ether oxygens (including phenoxy) is 1. The first-order valence-electron chi connectivity index (χ1n) is 11.6. The molecular weight excluding hydrogens is 409 g/mol. The van der Waals surface area contributed by atoms with Crippen molar-refractivity contribution >= 4 is 28.5 Å². The number of amides is 1. The Hall–Kier alpha value is -2.64. The van der Waals surface area contributed by atoms with Gasteiger partial charge in [-0.3, -0.25) is 0 Å². The van der Waals surface area contributed by atoms with E-state index in [4.69, 9.17) is 4.74 Å². The number of aromatic nitrogens is 2. The van der Waals surface area contributed by atoms with Crippen LogP contribution in [0.15, 0.2) is 18.5 Å². The molecule has 0 saturated carbocycles. The molecule has 2 heterocycles. The summed E-state index contributed by atoms with van der Waals surface area (Å²) < 4.78 is 21.3. The summed E-state index contributed by atoms with van der Waals surface area (Å²) in [7, 11) is 0. The van der Waals surface area contributed by atoms with Gasteiger partial charge in [0.1, 0.15) is 17.7 Å². The van der Waals surface area contributed by atoms with E-state index in [1.807, 2.05) is 38.7 Å². The third-order valence-electron chi connectivity index (χ3n) is 5.79. The normalized spacial score (nSPS) is 18.0. The molecule has 7 nitrogen and oxygen atoms in total. The van der Waals surface area contributed by atoms with Gasteiger partial charge in [-0.2, -0.15) is 0 Å². The van der Waals surface area contributed by atoms with Gasteiger partial charge in [-0.25, -0.2) is 19.2 Å². The van der Waals surface area contributed by atoms with Crippen molar-refractivity contribution in [3.63, 3.8) is 0 Å². The number of hydrogen-bond donors (Lipinski definition) is 1. The Morgan fingerprint density at radius 2 is 2.03 bits per heavy atom. The molecule has 1 saturated heterocycles. The van der Waals surface area contributed by atoms with Crippen molar-refractivity contribution in [1.82, 2.24) is 14.9 Å². The Bertz CT molecular complexity index is 946. The number of benzene rings is 1. The summed E-state index contributed by atoms with van der Waals surface area (Å²) in [6, 6.07) is 3.74. The van der Waals surface area contributed by atoms with Crippen LogP contribution < -0.4 is 10.2 Å². The number of halogens is 1. The van der Waals surface area contributed by atoms with Crippen LogP contribution in [0.3, 0.4) is 0 Å².